The average Bonchev–Trinajstić information content (AvgIpc) is 3.33. The molecule has 194 valence electrons. The predicted molar refractivity (Wildman–Crippen MR) is 138 cm³/mol. The number of anilines is 1. The number of rotatable bonds is 5. The molecule has 2 N–H and O–H groups in total. The molecule has 1 saturated heterocycles. The van der Waals surface area contributed by atoms with Crippen LogP contribution in [0.5, 0.6) is 0 Å². The maximum absolute atomic E-state index is 13.1. The molecule has 1 saturated carbocycles. The molecule has 1 aliphatic carbocycles. The van der Waals surface area contributed by atoms with Crippen LogP contribution >= 0.6 is 23.2 Å². The minimum atomic E-state index is -1.34. The van der Waals surface area contributed by atoms with Crippen molar-refractivity contribution in [3.63, 3.8) is 0 Å². The molecule has 0 radical (unpaired) electrons. The lowest BCUT2D eigenvalue weighted by molar-refractivity contribution is -0.0680. The Morgan fingerprint density at radius 3 is 2.26 bits per heavy atom. The van der Waals surface area contributed by atoms with Gasteiger partial charge in [-0.3, -0.25) is 4.57 Å². The zero-order chi connectivity index (χ0) is 26.7. The Hall–Kier alpha value is -3.73. The van der Waals surface area contributed by atoms with Gasteiger partial charge in [-0.15, -0.1) is 11.6 Å². The van der Waals surface area contributed by atoms with E-state index in [1.54, 1.807) is 72.2 Å². The second-order valence-electron chi connectivity index (χ2n) is 9.39. The van der Waals surface area contributed by atoms with Crippen LogP contribution in [0.1, 0.15) is 40.3 Å². The van der Waals surface area contributed by atoms with Crippen LogP contribution in [0.15, 0.2) is 67.0 Å². The van der Waals surface area contributed by atoms with Gasteiger partial charge in [-0.2, -0.15) is 9.97 Å². The summed E-state index contributed by atoms with van der Waals surface area (Å²) in [5.74, 6) is -1.16. The molecule has 6 rings (SSSR count). The molecule has 12 heteroatoms. The van der Waals surface area contributed by atoms with Crippen molar-refractivity contribution in [2.24, 2.45) is 0 Å². The molecule has 2 aliphatic rings. The van der Waals surface area contributed by atoms with Gasteiger partial charge in [-0.05, 0) is 31.2 Å². The zero-order valence-electron chi connectivity index (χ0n) is 20.0. The fourth-order valence-corrected chi connectivity index (χ4v) is 5.50. The van der Waals surface area contributed by atoms with E-state index < -0.39 is 40.8 Å². The van der Waals surface area contributed by atoms with Crippen molar-refractivity contribution in [1.29, 1.82) is 0 Å². The van der Waals surface area contributed by atoms with Crippen LogP contribution in [0.3, 0.4) is 0 Å². The van der Waals surface area contributed by atoms with E-state index in [4.69, 9.17) is 43.1 Å². The minimum Gasteiger partial charge on any atom is -0.455 e. The van der Waals surface area contributed by atoms with Crippen molar-refractivity contribution in [3.8, 4) is 0 Å². The van der Waals surface area contributed by atoms with Crippen molar-refractivity contribution >= 4 is 52.3 Å². The van der Waals surface area contributed by atoms with E-state index in [1.807, 2.05) is 0 Å². The standard InChI is InChI=1S/C26H21Cl2N5O5/c1-25(28)22(37-21(35)15-10-6-3-7-11-15)26(12-16(26)36-20(34)14-8-4-2-5-9-14)38-23(25)33-13-30-17-18(27)31-24(29)32-19(17)33/h2-11,13,16,22-23H,12H2,1H3,(H2,29,31,32)/t16?,22-,23+,25+,26?/m0/s1. The number of hydrogen-bond acceptors (Lipinski definition) is 9. The first-order chi connectivity index (χ1) is 18.2. The highest BCUT2D eigenvalue weighted by atomic mass is 35.5. The molecule has 4 aromatic rings. The summed E-state index contributed by atoms with van der Waals surface area (Å²) in [6.45, 7) is 1.68. The van der Waals surface area contributed by atoms with Gasteiger partial charge >= 0.3 is 11.9 Å². The molecule has 1 aliphatic heterocycles. The first-order valence-electron chi connectivity index (χ1n) is 11.7. The van der Waals surface area contributed by atoms with Crippen molar-refractivity contribution in [2.45, 2.75) is 42.3 Å². The third-order valence-corrected chi connectivity index (χ3v) is 7.45. The Morgan fingerprint density at radius 2 is 1.63 bits per heavy atom. The van der Waals surface area contributed by atoms with Crippen LogP contribution in [-0.4, -0.2) is 54.1 Å². The van der Waals surface area contributed by atoms with Gasteiger partial charge in [0.15, 0.2) is 23.1 Å². The first kappa shape index (κ1) is 24.6. The van der Waals surface area contributed by atoms with Gasteiger partial charge in [-0.1, -0.05) is 48.0 Å². The monoisotopic (exact) mass is 553 g/mol. The molecular formula is C26H21Cl2N5O5. The second-order valence-corrected chi connectivity index (χ2v) is 10.6. The van der Waals surface area contributed by atoms with Crippen LogP contribution in [0.25, 0.3) is 11.2 Å². The number of esters is 2. The average molecular weight is 554 g/mol. The predicted octanol–water partition coefficient (Wildman–Crippen LogP) is 4.18. The molecule has 2 aromatic carbocycles. The van der Waals surface area contributed by atoms with Crippen LogP contribution < -0.4 is 5.73 Å². The zero-order valence-corrected chi connectivity index (χ0v) is 21.5. The largest absolute Gasteiger partial charge is 0.455 e. The van der Waals surface area contributed by atoms with Gasteiger partial charge in [-0.25, -0.2) is 14.6 Å². The van der Waals surface area contributed by atoms with Gasteiger partial charge in [0, 0.05) is 6.42 Å². The van der Waals surface area contributed by atoms with Crippen LogP contribution in [0, 0.1) is 0 Å². The highest BCUT2D eigenvalue weighted by Gasteiger charge is 2.77. The van der Waals surface area contributed by atoms with Crippen molar-refractivity contribution < 1.29 is 23.8 Å². The summed E-state index contributed by atoms with van der Waals surface area (Å²) < 4.78 is 19.8. The van der Waals surface area contributed by atoms with E-state index >= 15 is 0 Å². The molecule has 3 heterocycles. The molecule has 38 heavy (non-hydrogen) atoms. The van der Waals surface area contributed by atoms with Gasteiger partial charge in [0.1, 0.15) is 22.1 Å². The van der Waals surface area contributed by atoms with Gasteiger partial charge < -0.3 is 19.9 Å². The third kappa shape index (κ3) is 3.96. The number of ether oxygens (including phenoxy) is 3. The van der Waals surface area contributed by atoms with Gasteiger partial charge in [0.05, 0.1) is 17.5 Å². The molecule has 2 fully saturated rings. The van der Waals surface area contributed by atoms with Crippen LogP contribution in [0.4, 0.5) is 5.95 Å². The molecule has 5 atom stereocenters. The Morgan fingerprint density at radius 1 is 1.03 bits per heavy atom. The first-order valence-corrected chi connectivity index (χ1v) is 12.5. The number of nitrogen functional groups attached to an aromatic ring is 1. The molecule has 10 nitrogen and oxygen atoms in total. The summed E-state index contributed by atoms with van der Waals surface area (Å²) >= 11 is 13.4. The number of nitrogens with two attached hydrogens (primary N) is 1. The number of aromatic nitrogens is 4. The lowest BCUT2D eigenvalue weighted by Crippen LogP contribution is -2.44. The van der Waals surface area contributed by atoms with Crippen molar-refractivity contribution in [1.82, 2.24) is 19.5 Å². The molecule has 1 spiro atoms. The molecular weight excluding hydrogens is 533 g/mol. The molecule has 0 amide bonds. The summed E-state index contributed by atoms with van der Waals surface area (Å²) in [5.41, 5.74) is 5.96. The summed E-state index contributed by atoms with van der Waals surface area (Å²) in [7, 11) is 0. The molecule has 2 unspecified atom stereocenters. The maximum atomic E-state index is 13.1. The number of imidazole rings is 1. The van der Waals surface area contributed by atoms with Crippen LogP contribution in [0.2, 0.25) is 5.15 Å². The van der Waals surface area contributed by atoms with Gasteiger partial charge in [0.2, 0.25) is 5.95 Å². The number of alkyl halides is 1. The topological polar surface area (TPSA) is 131 Å². The van der Waals surface area contributed by atoms with E-state index in [0.717, 1.165) is 0 Å². The van der Waals surface area contributed by atoms with E-state index in [-0.39, 0.29) is 17.5 Å². The van der Waals surface area contributed by atoms with Crippen molar-refractivity contribution in [2.75, 3.05) is 5.73 Å². The number of carbonyl (C=O) groups is 2. The van der Waals surface area contributed by atoms with Gasteiger partial charge in [0.25, 0.3) is 0 Å². The molecule has 2 aromatic heterocycles. The highest BCUT2D eigenvalue weighted by molar-refractivity contribution is 6.33. The Labute approximate surface area is 226 Å². The maximum Gasteiger partial charge on any atom is 0.338 e. The summed E-state index contributed by atoms with van der Waals surface area (Å²) in [6.07, 6.45) is -0.937. The van der Waals surface area contributed by atoms with E-state index in [9.17, 15) is 9.59 Å². The fourth-order valence-electron chi connectivity index (χ4n) is 4.90. The Kier molecular flexibility index (Phi) is 5.78. The van der Waals surface area contributed by atoms with E-state index in [2.05, 4.69) is 15.0 Å². The molecule has 0 bridgehead atoms. The SMILES string of the molecule is C[C@@]1(Cl)[C@H](OC(=O)c2ccccc2)C2(CC2OC(=O)c2ccccc2)O[C@H]1n1cnc2c(Cl)nc(N)nc21. The lowest BCUT2D eigenvalue weighted by Gasteiger charge is -2.29. The Balaban J connectivity index is 1.37. The quantitative estimate of drug-likeness (QED) is 0.219. The number of benzene rings is 2. The number of hydrogen-bond donors (Lipinski definition) is 1. The number of fused-ring (bicyclic) bond motifs is 1. The number of nitrogens with zero attached hydrogens (tertiary/aromatic N) is 4. The summed E-state index contributed by atoms with van der Waals surface area (Å²) in [4.78, 5) is 37.1. The fraction of sp³-hybridized carbons (Fsp3) is 0.269. The number of carbonyl (C=O) groups excluding carboxylic acids is 2. The van der Waals surface area contributed by atoms with Crippen LogP contribution in [-0.2, 0) is 14.2 Å². The summed E-state index contributed by atoms with van der Waals surface area (Å²) in [5, 5.41) is 0.0726. The Bertz CT molecular complexity index is 1550. The second kappa shape index (κ2) is 8.93. The normalized spacial score (nSPS) is 27.9. The van der Waals surface area contributed by atoms with Crippen molar-refractivity contribution in [3.05, 3.63) is 83.3 Å². The smallest absolute Gasteiger partial charge is 0.338 e. The van der Waals surface area contributed by atoms with E-state index in [1.165, 1.54) is 6.33 Å². The lowest BCUT2D eigenvalue weighted by atomic mass is 9.98. The minimum absolute atomic E-state index is 0.0543. The third-order valence-electron chi connectivity index (χ3n) is 6.80. The number of halogens is 2. The van der Waals surface area contributed by atoms with E-state index in [0.29, 0.717) is 22.3 Å². The summed E-state index contributed by atoms with van der Waals surface area (Å²) in [6, 6.07) is 17.1. The highest BCUT2D eigenvalue weighted by Crippen LogP contribution is 2.61.